The minimum absolute atomic E-state index is 0.592. The van der Waals surface area contributed by atoms with E-state index in [2.05, 4.69) is 12.0 Å². The molecule has 0 saturated carbocycles. The van der Waals surface area contributed by atoms with Crippen LogP contribution in [-0.2, 0) is 4.79 Å². The maximum Gasteiger partial charge on any atom is 0.120 e. The van der Waals surface area contributed by atoms with Crippen LogP contribution in [0, 0.1) is 12.0 Å². The van der Waals surface area contributed by atoms with Gasteiger partial charge < -0.3 is 10.5 Å². The van der Waals surface area contributed by atoms with Gasteiger partial charge in [-0.3, -0.25) is 0 Å². The normalized spacial score (nSPS) is 7.00. The summed E-state index contributed by atoms with van der Waals surface area (Å²) < 4.78 is 0. The van der Waals surface area contributed by atoms with Crippen molar-refractivity contribution in [2.24, 2.45) is 5.73 Å². The van der Waals surface area contributed by atoms with E-state index in [0.29, 0.717) is 6.42 Å². The summed E-state index contributed by atoms with van der Waals surface area (Å²) >= 11 is 0. The van der Waals surface area contributed by atoms with Gasteiger partial charge in [0, 0.05) is 18.9 Å². The Balaban J connectivity index is 2.89. The fraction of sp³-hybridized carbons (Fsp3) is 0.500. The Morgan fingerprint density at radius 3 is 2.88 bits per heavy atom. The van der Waals surface area contributed by atoms with Gasteiger partial charge >= 0.3 is 0 Å². The van der Waals surface area contributed by atoms with E-state index in [1.165, 1.54) is 0 Å². The molecule has 8 heavy (non-hydrogen) atoms. The first-order valence-electron chi connectivity index (χ1n) is 2.54. The molecule has 0 atom stereocenters. The van der Waals surface area contributed by atoms with Crippen molar-refractivity contribution in [3.05, 3.63) is 0 Å². The van der Waals surface area contributed by atoms with Crippen molar-refractivity contribution in [3.8, 4) is 12.0 Å². The second-order valence-corrected chi connectivity index (χ2v) is 1.38. The fourth-order valence-corrected chi connectivity index (χ4v) is 0.346. The van der Waals surface area contributed by atoms with Crippen LogP contribution in [0.5, 0.6) is 0 Å². The molecule has 2 heteroatoms. The second kappa shape index (κ2) is 6.03. The van der Waals surface area contributed by atoms with Gasteiger partial charge in [0.15, 0.2) is 0 Å². The lowest BCUT2D eigenvalue weighted by atomic mass is 10.3. The van der Waals surface area contributed by atoms with Gasteiger partial charge in [0.25, 0.3) is 0 Å². The summed E-state index contributed by atoms with van der Waals surface area (Å²) in [5.41, 5.74) is 4.86. The van der Waals surface area contributed by atoms with Crippen molar-refractivity contribution >= 4 is 6.29 Å². The maximum atomic E-state index is 9.69. The largest absolute Gasteiger partial charge is 0.359 e. The van der Waals surface area contributed by atoms with Crippen molar-refractivity contribution in [3.63, 3.8) is 0 Å². The highest BCUT2D eigenvalue weighted by molar-refractivity contribution is 5.49. The van der Waals surface area contributed by atoms with Crippen LogP contribution in [0.25, 0.3) is 0 Å². The van der Waals surface area contributed by atoms with Crippen LogP contribution in [0.4, 0.5) is 0 Å². The lowest BCUT2D eigenvalue weighted by molar-refractivity contribution is -0.107. The quantitative estimate of drug-likeness (QED) is 0.246. The predicted molar refractivity (Wildman–Crippen MR) is 31.9 cm³/mol. The lowest BCUT2D eigenvalue weighted by Gasteiger charge is -1.80. The highest BCUT2D eigenvalue weighted by atomic mass is 16.1. The molecule has 0 aliphatic rings. The first-order chi connectivity index (χ1) is 3.91. The summed E-state index contributed by atoms with van der Waals surface area (Å²) in [6, 6.07) is 2.26. The van der Waals surface area contributed by atoms with E-state index in [0.717, 1.165) is 19.1 Å². The average molecular weight is 111 g/mol. The van der Waals surface area contributed by atoms with Crippen molar-refractivity contribution in [2.75, 3.05) is 0 Å². The molecule has 0 radical (unpaired) electrons. The van der Waals surface area contributed by atoms with E-state index in [1.807, 2.05) is 0 Å². The molecule has 2 N–H and O–H groups in total. The monoisotopic (exact) mass is 111 g/mol. The van der Waals surface area contributed by atoms with Gasteiger partial charge in [-0.25, -0.2) is 0 Å². The number of carbonyl (C=O) groups excluding carboxylic acids is 1. The van der Waals surface area contributed by atoms with Gasteiger partial charge in [0.05, 0.1) is 0 Å². The minimum atomic E-state index is 0.592. The van der Waals surface area contributed by atoms with Gasteiger partial charge in [0.2, 0.25) is 0 Å². The SMILES string of the molecule is NC#CCCCC=O. The highest BCUT2D eigenvalue weighted by Crippen LogP contribution is 1.87. The molecular formula is C6H9NO. The van der Waals surface area contributed by atoms with Crippen molar-refractivity contribution in [2.45, 2.75) is 19.3 Å². The average Bonchev–Trinajstić information content (AvgIpc) is 1.81. The van der Waals surface area contributed by atoms with E-state index in [9.17, 15) is 4.79 Å². The van der Waals surface area contributed by atoms with Crippen LogP contribution in [0.2, 0.25) is 0 Å². The smallest absolute Gasteiger partial charge is 0.120 e. The highest BCUT2D eigenvalue weighted by Gasteiger charge is 1.78. The summed E-state index contributed by atoms with van der Waals surface area (Å²) in [5.74, 6) is 2.65. The molecule has 0 fully saturated rings. The molecular weight excluding hydrogens is 102 g/mol. The van der Waals surface area contributed by atoms with Gasteiger partial charge in [0.1, 0.15) is 6.29 Å². The predicted octanol–water partition coefficient (Wildman–Crippen LogP) is 0.275. The molecule has 0 aliphatic heterocycles. The first kappa shape index (κ1) is 7.03. The van der Waals surface area contributed by atoms with Crippen molar-refractivity contribution in [1.29, 1.82) is 0 Å². The van der Waals surface area contributed by atoms with Crippen LogP contribution < -0.4 is 5.73 Å². The summed E-state index contributed by atoms with van der Waals surface area (Å²) in [6.45, 7) is 0. The molecule has 0 spiro atoms. The molecule has 0 aliphatic carbocycles. The molecule has 0 aromatic heterocycles. The molecule has 0 bridgehead atoms. The first-order valence-corrected chi connectivity index (χ1v) is 2.54. The number of hydrogen-bond donors (Lipinski definition) is 1. The van der Waals surface area contributed by atoms with Crippen LogP contribution in [-0.4, -0.2) is 6.29 Å². The third-order valence-corrected chi connectivity index (χ3v) is 0.726. The Morgan fingerprint density at radius 2 is 2.38 bits per heavy atom. The maximum absolute atomic E-state index is 9.69. The van der Waals surface area contributed by atoms with E-state index >= 15 is 0 Å². The summed E-state index contributed by atoms with van der Waals surface area (Å²) in [7, 11) is 0. The van der Waals surface area contributed by atoms with Gasteiger partial charge in [-0.05, 0) is 6.42 Å². The summed E-state index contributed by atoms with van der Waals surface area (Å²) in [5, 5.41) is 0. The van der Waals surface area contributed by atoms with Crippen LogP contribution in [0.3, 0.4) is 0 Å². The van der Waals surface area contributed by atoms with E-state index in [1.54, 1.807) is 0 Å². The van der Waals surface area contributed by atoms with Crippen LogP contribution in [0.1, 0.15) is 19.3 Å². The van der Waals surface area contributed by atoms with Crippen molar-refractivity contribution < 1.29 is 4.79 Å². The zero-order valence-electron chi connectivity index (χ0n) is 4.68. The Bertz CT molecular complexity index is 109. The van der Waals surface area contributed by atoms with E-state index in [-0.39, 0.29) is 0 Å². The standard InChI is InChI=1S/C6H9NO/c7-5-3-1-2-4-6-8/h6H,1-2,4,7H2. The van der Waals surface area contributed by atoms with Gasteiger partial charge in [-0.1, -0.05) is 5.92 Å². The molecule has 0 saturated heterocycles. The fourth-order valence-electron chi connectivity index (χ4n) is 0.346. The molecule has 2 nitrogen and oxygen atoms in total. The van der Waals surface area contributed by atoms with Crippen molar-refractivity contribution in [1.82, 2.24) is 0 Å². The minimum Gasteiger partial charge on any atom is -0.359 e. The molecule has 0 rings (SSSR count). The molecule has 0 heterocycles. The molecule has 0 amide bonds. The van der Waals surface area contributed by atoms with E-state index < -0.39 is 0 Å². The number of unbranched alkanes of at least 4 members (excludes halogenated alkanes) is 2. The second-order valence-electron chi connectivity index (χ2n) is 1.38. The molecule has 0 unspecified atom stereocenters. The zero-order valence-corrected chi connectivity index (χ0v) is 4.68. The molecule has 0 aromatic rings. The number of rotatable bonds is 3. The number of nitrogens with two attached hydrogens (primary N) is 1. The Kier molecular flexibility index (Phi) is 5.30. The van der Waals surface area contributed by atoms with Crippen LogP contribution >= 0.6 is 0 Å². The number of carbonyl (C=O) groups is 1. The Labute approximate surface area is 49.1 Å². The summed E-state index contributed by atoms with van der Waals surface area (Å²) in [4.78, 5) is 9.69. The third kappa shape index (κ3) is 5.03. The topological polar surface area (TPSA) is 43.1 Å². The number of hydrogen-bond acceptors (Lipinski definition) is 2. The Hall–Kier alpha value is -0.970. The van der Waals surface area contributed by atoms with Gasteiger partial charge in [-0.15, -0.1) is 0 Å². The summed E-state index contributed by atoms with van der Waals surface area (Å²) in [6.07, 6.45) is 3.04. The van der Waals surface area contributed by atoms with E-state index in [4.69, 9.17) is 5.73 Å². The van der Waals surface area contributed by atoms with Crippen LogP contribution in [0.15, 0.2) is 0 Å². The molecule has 0 aromatic carbocycles. The lowest BCUT2D eigenvalue weighted by Crippen LogP contribution is -1.78. The zero-order chi connectivity index (χ0) is 6.24. The third-order valence-electron chi connectivity index (χ3n) is 0.726. The number of aldehydes is 1. The Morgan fingerprint density at radius 1 is 1.62 bits per heavy atom. The van der Waals surface area contributed by atoms with Gasteiger partial charge in [-0.2, -0.15) is 0 Å². The molecule has 44 valence electrons.